The summed E-state index contributed by atoms with van der Waals surface area (Å²) in [4.78, 5) is 11.8. The zero-order valence-corrected chi connectivity index (χ0v) is 12.4. The topological polar surface area (TPSA) is 64.3 Å². The van der Waals surface area contributed by atoms with Crippen molar-refractivity contribution >= 4 is 17.5 Å². The first-order valence-corrected chi connectivity index (χ1v) is 6.68. The van der Waals surface area contributed by atoms with Crippen molar-refractivity contribution in [3.05, 3.63) is 28.8 Å². The summed E-state index contributed by atoms with van der Waals surface area (Å²) in [5, 5.41) is 3.46. The van der Waals surface area contributed by atoms with Crippen LogP contribution in [-0.4, -0.2) is 18.1 Å². The predicted octanol–water partition coefficient (Wildman–Crippen LogP) is 2.48. The van der Waals surface area contributed by atoms with Gasteiger partial charge in [0.25, 0.3) is 5.91 Å². The molecular weight excluding hydrogens is 264 g/mol. The summed E-state index contributed by atoms with van der Waals surface area (Å²) in [5.41, 5.74) is 6.20. The molecule has 5 heteroatoms. The van der Waals surface area contributed by atoms with Crippen molar-refractivity contribution in [1.29, 1.82) is 0 Å². The van der Waals surface area contributed by atoms with Gasteiger partial charge in [-0.1, -0.05) is 24.6 Å². The molecule has 0 aromatic heterocycles. The second-order valence-electron chi connectivity index (χ2n) is 5.03. The van der Waals surface area contributed by atoms with Crippen LogP contribution in [0.5, 0.6) is 5.75 Å². The number of carbonyl (C=O) groups excluding carboxylic acids is 1. The molecule has 4 nitrogen and oxygen atoms in total. The highest BCUT2D eigenvalue weighted by Crippen LogP contribution is 2.23. The molecule has 0 aliphatic heterocycles. The van der Waals surface area contributed by atoms with Gasteiger partial charge in [-0.2, -0.15) is 0 Å². The molecule has 0 atom stereocenters. The fourth-order valence-corrected chi connectivity index (χ4v) is 1.64. The minimum atomic E-state index is -0.231. The fraction of sp³-hybridized carbons (Fsp3) is 0.500. The van der Waals surface area contributed by atoms with Gasteiger partial charge in [0.05, 0.1) is 0 Å². The summed E-state index contributed by atoms with van der Waals surface area (Å²) in [6.07, 6.45) is 0.851. The molecule has 19 heavy (non-hydrogen) atoms. The number of halogens is 1. The number of ether oxygens (including phenoxy) is 1. The van der Waals surface area contributed by atoms with Crippen LogP contribution in [0.3, 0.4) is 0 Å². The van der Waals surface area contributed by atoms with E-state index >= 15 is 0 Å². The smallest absolute Gasteiger partial charge is 0.258 e. The Balaban J connectivity index is 2.62. The van der Waals surface area contributed by atoms with E-state index in [0.29, 0.717) is 17.3 Å². The zero-order chi connectivity index (χ0) is 14.5. The number of rotatable bonds is 6. The van der Waals surface area contributed by atoms with Crippen LogP contribution in [0.25, 0.3) is 0 Å². The molecule has 1 aromatic carbocycles. The molecule has 0 fully saturated rings. The lowest BCUT2D eigenvalue weighted by molar-refractivity contribution is -0.124. The van der Waals surface area contributed by atoms with Crippen molar-refractivity contribution < 1.29 is 9.53 Å². The molecule has 0 unspecified atom stereocenters. The first-order valence-electron chi connectivity index (χ1n) is 6.30. The predicted molar refractivity (Wildman–Crippen MR) is 77.4 cm³/mol. The standard InChI is InChI=1S/C14H21ClN2O2/c1-4-14(2,3)17-13(18)9-19-12-7-11(15)6-5-10(12)8-16/h5-7H,4,8-9,16H2,1-3H3,(H,17,18). The van der Waals surface area contributed by atoms with E-state index in [-0.39, 0.29) is 18.1 Å². The lowest BCUT2D eigenvalue weighted by Gasteiger charge is -2.24. The van der Waals surface area contributed by atoms with E-state index in [0.717, 1.165) is 12.0 Å². The van der Waals surface area contributed by atoms with E-state index in [1.165, 1.54) is 0 Å². The fourth-order valence-electron chi connectivity index (χ4n) is 1.48. The minimum Gasteiger partial charge on any atom is -0.483 e. The van der Waals surface area contributed by atoms with Gasteiger partial charge >= 0.3 is 0 Å². The van der Waals surface area contributed by atoms with Crippen LogP contribution >= 0.6 is 11.6 Å². The second-order valence-corrected chi connectivity index (χ2v) is 5.47. The molecule has 1 aromatic rings. The third-order valence-corrected chi connectivity index (χ3v) is 3.20. The normalized spacial score (nSPS) is 11.2. The van der Waals surface area contributed by atoms with Crippen LogP contribution in [-0.2, 0) is 11.3 Å². The van der Waals surface area contributed by atoms with Crippen molar-refractivity contribution in [2.45, 2.75) is 39.3 Å². The molecule has 1 rings (SSSR count). The molecule has 106 valence electrons. The van der Waals surface area contributed by atoms with E-state index in [1.54, 1.807) is 18.2 Å². The highest BCUT2D eigenvalue weighted by Gasteiger charge is 2.18. The number of nitrogens with one attached hydrogen (secondary N) is 1. The average Bonchev–Trinajstić information content (AvgIpc) is 2.36. The SMILES string of the molecule is CCC(C)(C)NC(=O)COc1cc(Cl)ccc1CN. The molecule has 3 N–H and O–H groups in total. The van der Waals surface area contributed by atoms with Gasteiger partial charge in [-0.05, 0) is 32.4 Å². The van der Waals surface area contributed by atoms with Gasteiger partial charge in [0, 0.05) is 22.7 Å². The van der Waals surface area contributed by atoms with Crippen LogP contribution in [0.2, 0.25) is 5.02 Å². The third kappa shape index (κ3) is 5.09. The average molecular weight is 285 g/mol. The highest BCUT2D eigenvalue weighted by molar-refractivity contribution is 6.30. The quantitative estimate of drug-likeness (QED) is 0.843. The molecule has 0 aliphatic rings. The molecule has 0 saturated heterocycles. The Hall–Kier alpha value is -1.26. The molecule has 0 aliphatic carbocycles. The van der Waals surface area contributed by atoms with Crippen LogP contribution in [0.4, 0.5) is 0 Å². The van der Waals surface area contributed by atoms with Gasteiger partial charge in [-0.15, -0.1) is 0 Å². The summed E-state index contributed by atoms with van der Waals surface area (Å²) in [7, 11) is 0. The third-order valence-electron chi connectivity index (χ3n) is 2.97. The monoisotopic (exact) mass is 284 g/mol. The molecule has 0 heterocycles. The molecule has 0 saturated carbocycles. The summed E-state index contributed by atoms with van der Waals surface area (Å²) >= 11 is 5.90. The Morgan fingerprint density at radius 3 is 2.74 bits per heavy atom. The van der Waals surface area contributed by atoms with E-state index in [2.05, 4.69) is 5.32 Å². The van der Waals surface area contributed by atoms with E-state index in [4.69, 9.17) is 22.1 Å². The molecule has 0 bridgehead atoms. The molecule has 0 spiro atoms. The number of hydrogen-bond donors (Lipinski definition) is 2. The summed E-state index contributed by atoms with van der Waals surface area (Å²) < 4.78 is 5.48. The summed E-state index contributed by atoms with van der Waals surface area (Å²) in [6, 6.07) is 5.21. The highest BCUT2D eigenvalue weighted by atomic mass is 35.5. The van der Waals surface area contributed by atoms with Crippen LogP contribution in [0.1, 0.15) is 32.8 Å². The van der Waals surface area contributed by atoms with Crippen molar-refractivity contribution in [1.82, 2.24) is 5.32 Å². The van der Waals surface area contributed by atoms with Gasteiger partial charge in [0.1, 0.15) is 5.75 Å². The maximum Gasteiger partial charge on any atom is 0.258 e. The Morgan fingerprint density at radius 1 is 1.47 bits per heavy atom. The number of benzene rings is 1. The van der Waals surface area contributed by atoms with Gasteiger partial charge in [0.2, 0.25) is 0 Å². The minimum absolute atomic E-state index is 0.0449. The van der Waals surface area contributed by atoms with Crippen molar-refractivity contribution in [2.24, 2.45) is 5.73 Å². The van der Waals surface area contributed by atoms with Crippen molar-refractivity contribution in [3.8, 4) is 5.75 Å². The number of hydrogen-bond acceptors (Lipinski definition) is 3. The zero-order valence-electron chi connectivity index (χ0n) is 11.6. The van der Waals surface area contributed by atoms with E-state index in [1.807, 2.05) is 20.8 Å². The van der Waals surface area contributed by atoms with Crippen LogP contribution < -0.4 is 15.8 Å². The number of carbonyl (C=O) groups is 1. The Bertz CT molecular complexity index is 447. The lowest BCUT2D eigenvalue weighted by atomic mass is 10.0. The van der Waals surface area contributed by atoms with Crippen molar-refractivity contribution in [3.63, 3.8) is 0 Å². The van der Waals surface area contributed by atoms with E-state index < -0.39 is 0 Å². The molecule has 1 amide bonds. The Morgan fingerprint density at radius 2 is 2.16 bits per heavy atom. The second kappa shape index (κ2) is 6.78. The lowest BCUT2D eigenvalue weighted by Crippen LogP contribution is -2.44. The van der Waals surface area contributed by atoms with Crippen LogP contribution in [0, 0.1) is 0 Å². The molecular formula is C14H21ClN2O2. The number of nitrogens with two attached hydrogens (primary N) is 1. The molecule has 0 radical (unpaired) electrons. The van der Waals surface area contributed by atoms with Crippen molar-refractivity contribution in [2.75, 3.05) is 6.61 Å². The van der Waals surface area contributed by atoms with Gasteiger partial charge in [0.15, 0.2) is 6.61 Å². The maximum atomic E-state index is 11.8. The summed E-state index contributed by atoms with van der Waals surface area (Å²) in [5.74, 6) is 0.397. The first-order chi connectivity index (χ1) is 8.88. The summed E-state index contributed by atoms with van der Waals surface area (Å²) in [6.45, 7) is 6.25. The van der Waals surface area contributed by atoms with Crippen LogP contribution in [0.15, 0.2) is 18.2 Å². The van der Waals surface area contributed by atoms with E-state index in [9.17, 15) is 4.79 Å². The Kier molecular flexibility index (Phi) is 5.63. The Labute approximate surface area is 119 Å². The largest absolute Gasteiger partial charge is 0.483 e. The number of amides is 1. The first kappa shape index (κ1) is 15.8. The maximum absolute atomic E-state index is 11.8. The van der Waals surface area contributed by atoms with Gasteiger partial charge in [-0.25, -0.2) is 0 Å². The van der Waals surface area contributed by atoms with Gasteiger partial charge < -0.3 is 15.8 Å². The van der Waals surface area contributed by atoms with Gasteiger partial charge in [-0.3, -0.25) is 4.79 Å².